The van der Waals surface area contributed by atoms with Crippen molar-refractivity contribution in [3.8, 4) is 5.75 Å². The average Bonchev–Trinajstić information content (AvgIpc) is 2.35. The zero-order valence-corrected chi connectivity index (χ0v) is 11.0. The molecule has 0 saturated heterocycles. The Balaban J connectivity index is 2.53. The summed E-state index contributed by atoms with van der Waals surface area (Å²) in [7, 11) is 0. The van der Waals surface area contributed by atoms with Crippen LogP contribution in [0.15, 0.2) is 24.3 Å². The number of hydrogen-bond donors (Lipinski definition) is 2. The molecular weight excluding hydrogens is 214 g/mol. The lowest BCUT2D eigenvalue weighted by atomic mass is 10.1. The van der Waals surface area contributed by atoms with E-state index in [0.29, 0.717) is 0 Å². The molecule has 0 aromatic heterocycles. The van der Waals surface area contributed by atoms with Crippen molar-refractivity contribution in [2.45, 2.75) is 39.3 Å². The predicted molar refractivity (Wildman–Crippen MR) is 70.2 cm³/mol. The van der Waals surface area contributed by atoms with Gasteiger partial charge in [0.1, 0.15) is 5.75 Å². The third kappa shape index (κ3) is 5.20. The molecule has 1 rings (SSSR count). The Morgan fingerprint density at radius 3 is 2.76 bits per heavy atom. The molecule has 0 aliphatic carbocycles. The fourth-order valence-electron chi connectivity index (χ4n) is 1.36. The summed E-state index contributed by atoms with van der Waals surface area (Å²) in [5.41, 5.74) is 0.917. The van der Waals surface area contributed by atoms with Gasteiger partial charge in [-0.3, -0.25) is 0 Å². The van der Waals surface area contributed by atoms with Crippen LogP contribution >= 0.6 is 0 Å². The van der Waals surface area contributed by atoms with E-state index >= 15 is 0 Å². The van der Waals surface area contributed by atoms with E-state index < -0.39 is 0 Å². The second kappa shape index (κ2) is 6.62. The van der Waals surface area contributed by atoms with Gasteiger partial charge >= 0.3 is 0 Å². The van der Waals surface area contributed by atoms with Crippen LogP contribution in [0.25, 0.3) is 0 Å². The predicted octanol–water partition coefficient (Wildman–Crippen LogP) is 2.34. The van der Waals surface area contributed by atoms with Gasteiger partial charge in [-0.1, -0.05) is 19.1 Å². The average molecular weight is 237 g/mol. The Morgan fingerprint density at radius 2 is 2.12 bits per heavy atom. The van der Waals surface area contributed by atoms with Crippen LogP contribution in [0.2, 0.25) is 0 Å². The number of benzene rings is 1. The van der Waals surface area contributed by atoms with Gasteiger partial charge in [0.05, 0.1) is 13.2 Å². The molecule has 1 aromatic carbocycles. The summed E-state index contributed by atoms with van der Waals surface area (Å²) in [6.45, 7) is 7.65. The van der Waals surface area contributed by atoms with Gasteiger partial charge in [0, 0.05) is 12.1 Å². The van der Waals surface area contributed by atoms with Crippen molar-refractivity contribution >= 4 is 0 Å². The molecule has 0 saturated carbocycles. The van der Waals surface area contributed by atoms with Gasteiger partial charge in [-0.05, 0) is 38.0 Å². The topological polar surface area (TPSA) is 41.5 Å². The highest BCUT2D eigenvalue weighted by atomic mass is 16.5. The number of aliphatic hydroxyl groups is 1. The maximum atomic E-state index is 9.16. The number of ether oxygens (including phenoxy) is 1. The fourth-order valence-corrected chi connectivity index (χ4v) is 1.36. The van der Waals surface area contributed by atoms with Crippen LogP contribution < -0.4 is 10.1 Å². The van der Waals surface area contributed by atoms with Crippen LogP contribution in [0, 0.1) is 0 Å². The zero-order chi connectivity index (χ0) is 12.7. The molecule has 0 radical (unpaired) electrons. The summed E-state index contributed by atoms with van der Waals surface area (Å²) in [4.78, 5) is 0. The van der Waals surface area contributed by atoms with Gasteiger partial charge < -0.3 is 15.2 Å². The molecular formula is C14H23NO2. The Hall–Kier alpha value is -1.06. The normalized spacial score (nSPS) is 11.5. The van der Waals surface area contributed by atoms with Crippen molar-refractivity contribution in [1.29, 1.82) is 0 Å². The number of hydrogen-bond acceptors (Lipinski definition) is 3. The number of nitrogens with one attached hydrogen (secondary N) is 1. The molecule has 0 aliphatic rings. The van der Waals surface area contributed by atoms with E-state index in [1.54, 1.807) is 0 Å². The first-order chi connectivity index (χ1) is 8.07. The second-order valence-electron chi connectivity index (χ2n) is 4.89. The minimum atomic E-state index is -0.250. The highest BCUT2D eigenvalue weighted by Crippen LogP contribution is 2.14. The van der Waals surface area contributed by atoms with Gasteiger partial charge in [0.25, 0.3) is 0 Å². The zero-order valence-electron chi connectivity index (χ0n) is 11.0. The molecule has 3 heteroatoms. The van der Waals surface area contributed by atoms with Crippen molar-refractivity contribution in [3.63, 3.8) is 0 Å². The maximum Gasteiger partial charge on any atom is 0.119 e. The lowest BCUT2D eigenvalue weighted by Gasteiger charge is -2.23. The fraction of sp³-hybridized carbons (Fsp3) is 0.571. The summed E-state index contributed by atoms with van der Waals surface area (Å²) in [6, 6.07) is 8.06. The first kappa shape index (κ1) is 14.0. The highest BCUT2D eigenvalue weighted by molar-refractivity contribution is 5.28. The van der Waals surface area contributed by atoms with Gasteiger partial charge in [0.2, 0.25) is 0 Å². The number of aliphatic hydroxyl groups excluding tert-OH is 1. The summed E-state index contributed by atoms with van der Waals surface area (Å²) in [5.74, 6) is 0.910. The Bertz CT molecular complexity index is 337. The van der Waals surface area contributed by atoms with Crippen molar-refractivity contribution in [3.05, 3.63) is 29.8 Å². The molecule has 17 heavy (non-hydrogen) atoms. The molecule has 1 aromatic rings. The van der Waals surface area contributed by atoms with E-state index in [4.69, 9.17) is 9.84 Å². The summed E-state index contributed by atoms with van der Waals surface area (Å²) >= 11 is 0. The Labute approximate surface area is 104 Å². The standard InChI is InChI=1S/C14H23NO2/c1-4-8-17-13-7-5-6-12(9-13)10-15-14(2,3)11-16/h5-7,9,15-16H,4,8,10-11H2,1-3H3. The molecule has 0 aliphatic heterocycles. The Kier molecular flexibility index (Phi) is 5.45. The third-order valence-electron chi connectivity index (χ3n) is 2.54. The van der Waals surface area contributed by atoms with Crippen LogP contribution in [0.1, 0.15) is 32.8 Å². The lowest BCUT2D eigenvalue weighted by molar-refractivity contribution is 0.187. The smallest absolute Gasteiger partial charge is 0.119 e. The van der Waals surface area contributed by atoms with Gasteiger partial charge in [-0.15, -0.1) is 0 Å². The van der Waals surface area contributed by atoms with Crippen molar-refractivity contribution < 1.29 is 9.84 Å². The SMILES string of the molecule is CCCOc1cccc(CNC(C)(C)CO)c1. The molecule has 0 atom stereocenters. The van der Waals surface area contributed by atoms with Gasteiger partial charge in [0.15, 0.2) is 0 Å². The quantitative estimate of drug-likeness (QED) is 0.765. The van der Waals surface area contributed by atoms with Crippen LogP contribution in [0.4, 0.5) is 0 Å². The van der Waals surface area contributed by atoms with Crippen molar-refractivity contribution in [1.82, 2.24) is 5.32 Å². The summed E-state index contributed by atoms with van der Waals surface area (Å²) in [5, 5.41) is 12.5. The van der Waals surface area contributed by atoms with Crippen molar-refractivity contribution in [2.24, 2.45) is 0 Å². The van der Waals surface area contributed by atoms with Crippen LogP contribution in [0.3, 0.4) is 0 Å². The van der Waals surface area contributed by atoms with E-state index in [9.17, 15) is 0 Å². The van der Waals surface area contributed by atoms with E-state index in [1.807, 2.05) is 32.0 Å². The van der Waals surface area contributed by atoms with E-state index in [-0.39, 0.29) is 12.1 Å². The van der Waals surface area contributed by atoms with Gasteiger partial charge in [-0.25, -0.2) is 0 Å². The maximum absolute atomic E-state index is 9.16. The monoisotopic (exact) mass is 237 g/mol. The summed E-state index contributed by atoms with van der Waals surface area (Å²) < 4.78 is 5.58. The first-order valence-corrected chi connectivity index (χ1v) is 6.15. The molecule has 96 valence electrons. The van der Waals surface area contributed by atoms with E-state index in [0.717, 1.165) is 25.3 Å². The lowest BCUT2D eigenvalue weighted by Crippen LogP contribution is -2.42. The second-order valence-corrected chi connectivity index (χ2v) is 4.89. The largest absolute Gasteiger partial charge is 0.494 e. The molecule has 0 spiro atoms. The van der Waals surface area contributed by atoms with Crippen molar-refractivity contribution in [2.75, 3.05) is 13.2 Å². The van der Waals surface area contributed by atoms with E-state index in [1.165, 1.54) is 5.56 Å². The molecule has 0 bridgehead atoms. The van der Waals surface area contributed by atoms with Crippen LogP contribution in [-0.4, -0.2) is 23.9 Å². The summed E-state index contributed by atoms with van der Waals surface area (Å²) in [6.07, 6.45) is 1.01. The van der Waals surface area contributed by atoms with E-state index in [2.05, 4.69) is 18.3 Å². The molecule has 0 amide bonds. The first-order valence-electron chi connectivity index (χ1n) is 6.15. The van der Waals surface area contributed by atoms with Crippen LogP contribution in [0.5, 0.6) is 5.75 Å². The third-order valence-corrected chi connectivity index (χ3v) is 2.54. The minimum absolute atomic E-state index is 0.124. The highest BCUT2D eigenvalue weighted by Gasteiger charge is 2.14. The number of rotatable bonds is 7. The van der Waals surface area contributed by atoms with Gasteiger partial charge in [-0.2, -0.15) is 0 Å². The Morgan fingerprint density at radius 1 is 1.35 bits per heavy atom. The molecule has 0 unspecified atom stereocenters. The minimum Gasteiger partial charge on any atom is -0.494 e. The molecule has 0 heterocycles. The molecule has 3 nitrogen and oxygen atoms in total. The van der Waals surface area contributed by atoms with Crippen LogP contribution in [-0.2, 0) is 6.54 Å². The molecule has 2 N–H and O–H groups in total. The molecule has 0 fully saturated rings.